The molecule has 25 heavy (non-hydrogen) atoms. The van der Waals surface area contributed by atoms with Gasteiger partial charge in [0.05, 0.1) is 5.54 Å². The molecule has 0 fully saturated rings. The Kier molecular flexibility index (Phi) is 5.00. The van der Waals surface area contributed by atoms with Gasteiger partial charge in [0.1, 0.15) is 0 Å². The minimum atomic E-state index is -0.477. The third-order valence-corrected chi connectivity index (χ3v) is 4.60. The fraction of sp³-hybridized carbons (Fsp3) is 0.250. The molecule has 0 spiro atoms. The van der Waals surface area contributed by atoms with Gasteiger partial charge in [-0.2, -0.15) is 0 Å². The number of nitrogens with one attached hydrogen (secondary N) is 3. The minimum absolute atomic E-state index is 0.181. The summed E-state index contributed by atoms with van der Waals surface area (Å²) in [5.74, 6) is 0. The number of halogens is 1. The first-order chi connectivity index (χ1) is 12.0. The Labute approximate surface area is 152 Å². The highest BCUT2D eigenvalue weighted by atomic mass is 35.5. The number of benzene rings is 2. The third kappa shape index (κ3) is 4.15. The van der Waals surface area contributed by atoms with Crippen LogP contribution in [0.4, 0.5) is 4.79 Å². The van der Waals surface area contributed by atoms with E-state index in [1.165, 1.54) is 10.9 Å². The highest BCUT2D eigenvalue weighted by molar-refractivity contribution is 6.30. The molecule has 0 aliphatic rings. The number of carbonyl (C=O) groups excluding carboxylic acids is 1. The van der Waals surface area contributed by atoms with Crippen molar-refractivity contribution in [2.45, 2.75) is 25.8 Å². The van der Waals surface area contributed by atoms with Crippen LogP contribution in [-0.2, 0) is 12.0 Å². The molecule has 3 N–H and O–H groups in total. The summed E-state index contributed by atoms with van der Waals surface area (Å²) in [5, 5.41) is 7.82. The van der Waals surface area contributed by atoms with Crippen molar-refractivity contribution in [2.75, 3.05) is 6.54 Å². The van der Waals surface area contributed by atoms with E-state index in [1.807, 2.05) is 62.5 Å². The molecule has 0 atom stereocenters. The maximum absolute atomic E-state index is 12.2. The van der Waals surface area contributed by atoms with Crippen LogP contribution >= 0.6 is 11.6 Å². The van der Waals surface area contributed by atoms with Gasteiger partial charge in [0.2, 0.25) is 0 Å². The van der Waals surface area contributed by atoms with E-state index in [0.29, 0.717) is 11.6 Å². The standard InChI is InChI=1S/C20H22ClN3O/c1-20(2,15-7-9-16(21)10-8-15)24-19(25)22-12-11-14-13-23-18-6-4-3-5-17(14)18/h3-10,13,23H,11-12H2,1-2H3,(H2,22,24,25). The van der Waals surface area contributed by atoms with Gasteiger partial charge < -0.3 is 15.6 Å². The molecule has 5 heteroatoms. The number of aromatic amines is 1. The zero-order chi connectivity index (χ0) is 17.9. The number of urea groups is 1. The van der Waals surface area contributed by atoms with Crippen LogP contribution in [0.25, 0.3) is 10.9 Å². The topological polar surface area (TPSA) is 56.9 Å². The van der Waals surface area contributed by atoms with Crippen LogP contribution in [-0.4, -0.2) is 17.6 Å². The molecule has 1 aromatic heterocycles. The van der Waals surface area contributed by atoms with Gasteiger partial charge >= 0.3 is 6.03 Å². The number of H-pyrrole nitrogens is 1. The second-order valence-corrected chi connectivity index (χ2v) is 7.06. The number of amides is 2. The maximum atomic E-state index is 12.2. The van der Waals surface area contributed by atoms with Crippen LogP contribution in [0.15, 0.2) is 54.7 Å². The van der Waals surface area contributed by atoms with Crippen molar-refractivity contribution < 1.29 is 4.79 Å². The van der Waals surface area contributed by atoms with Gasteiger partial charge in [0.15, 0.2) is 0 Å². The highest BCUT2D eigenvalue weighted by Crippen LogP contribution is 2.22. The van der Waals surface area contributed by atoms with E-state index in [9.17, 15) is 4.79 Å². The van der Waals surface area contributed by atoms with Gasteiger partial charge in [-0.05, 0) is 49.6 Å². The van der Waals surface area contributed by atoms with Gasteiger partial charge in [0, 0.05) is 28.7 Å². The van der Waals surface area contributed by atoms with Crippen LogP contribution in [0.2, 0.25) is 5.02 Å². The quantitative estimate of drug-likeness (QED) is 0.615. The molecule has 0 aliphatic heterocycles. The fourth-order valence-electron chi connectivity index (χ4n) is 2.92. The summed E-state index contributed by atoms with van der Waals surface area (Å²) in [6.45, 7) is 4.51. The smallest absolute Gasteiger partial charge is 0.315 e. The summed E-state index contributed by atoms with van der Waals surface area (Å²) in [5.41, 5.74) is 2.84. The van der Waals surface area contributed by atoms with Gasteiger partial charge in [-0.25, -0.2) is 4.79 Å². The van der Waals surface area contributed by atoms with Gasteiger partial charge in [-0.15, -0.1) is 0 Å². The predicted molar refractivity (Wildman–Crippen MR) is 103 cm³/mol. The van der Waals surface area contributed by atoms with Gasteiger partial charge in [-0.3, -0.25) is 0 Å². The number of aromatic nitrogens is 1. The normalized spacial score (nSPS) is 11.5. The van der Waals surface area contributed by atoms with Crippen molar-refractivity contribution in [3.05, 3.63) is 70.9 Å². The predicted octanol–water partition coefficient (Wildman–Crippen LogP) is 4.60. The molecule has 3 aromatic rings. The van der Waals surface area contributed by atoms with E-state index in [1.54, 1.807) is 0 Å². The Balaban J connectivity index is 1.55. The van der Waals surface area contributed by atoms with Crippen molar-refractivity contribution in [2.24, 2.45) is 0 Å². The van der Waals surface area contributed by atoms with E-state index in [-0.39, 0.29) is 6.03 Å². The summed E-state index contributed by atoms with van der Waals surface area (Å²) in [6.07, 6.45) is 2.78. The molecular weight excluding hydrogens is 334 g/mol. The summed E-state index contributed by atoms with van der Waals surface area (Å²) in [7, 11) is 0. The van der Waals surface area contributed by atoms with Gasteiger partial charge in [-0.1, -0.05) is 41.9 Å². The molecule has 0 unspecified atom stereocenters. The summed E-state index contributed by atoms with van der Waals surface area (Å²) in [6, 6.07) is 15.5. The Morgan fingerprint density at radius 3 is 2.60 bits per heavy atom. The molecule has 3 rings (SSSR count). The average molecular weight is 356 g/mol. The molecule has 2 aromatic carbocycles. The fourth-order valence-corrected chi connectivity index (χ4v) is 3.04. The Morgan fingerprint density at radius 1 is 1.12 bits per heavy atom. The highest BCUT2D eigenvalue weighted by Gasteiger charge is 2.22. The maximum Gasteiger partial charge on any atom is 0.315 e. The molecule has 1 heterocycles. The lowest BCUT2D eigenvalue weighted by atomic mass is 9.94. The Hall–Kier alpha value is -2.46. The summed E-state index contributed by atoms with van der Waals surface area (Å²) in [4.78, 5) is 15.5. The molecular formula is C20H22ClN3O. The van der Waals surface area contributed by atoms with E-state index in [4.69, 9.17) is 11.6 Å². The van der Waals surface area contributed by atoms with Crippen LogP contribution in [0.5, 0.6) is 0 Å². The summed E-state index contributed by atoms with van der Waals surface area (Å²) < 4.78 is 0. The Bertz CT molecular complexity index is 868. The molecule has 2 amide bonds. The number of carbonyl (C=O) groups is 1. The van der Waals surface area contributed by atoms with E-state index in [2.05, 4.69) is 21.7 Å². The number of fused-ring (bicyclic) bond motifs is 1. The molecule has 0 saturated carbocycles. The number of para-hydroxylation sites is 1. The van der Waals surface area contributed by atoms with Crippen LogP contribution in [0.1, 0.15) is 25.0 Å². The van der Waals surface area contributed by atoms with E-state index in [0.717, 1.165) is 17.5 Å². The first-order valence-corrected chi connectivity index (χ1v) is 8.70. The first kappa shape index (κ1) is 17.4. The lowest BCUT2D eigenvalue weighted by Gasteiger charge is -2.27. The molecule has 0 bridgehead atoms. The van der Waals surface area contributed by atoms with Crippen molar-refractivity contribution >= 4 is 28.5 Å². The van der Waals surface area contributed by atoms with Crippen LogP contribution in [0, 0.1) is 0 Å². The number of rotatable bonds is 5. The van der Waals surface area contributed by atoms with E-state index >= 15 is 0 Å². The number of hydrogen-bond acceptors (Lipinski definition) is 1. The molecule has 0 aliphatic carbocycles. The van der Waals surface area contributed by atoms with Crippen LogP contribution < -0.4 is 10.6 Å². The zero-order valence-corrected chi connectivity index (χ0v) is 15.2. The molecule has 0 radical (unpaired) electrons. The van der Waals surface area contributed by atoms with Crippen molar-refractivity contribution in [1.82, 2.24) is 15.6 Å². The van der Waals surface area contributed by atoms with Crippen molar-refractivity contribution in [3.8, 4) is 0 Å². The van der Waals surface area contributed by atoms with Gasteiger partial charge in [0.25, 0.3) is 0 Å². The molecule has 130 valence electrons. The van der Waals surface area contributed by atoms with Crippen LogP contribution in [0.3, 0.4) is 0 Å². The van der Waals surface area contributed by atoms with E-state index < -0.39 is 5.54 Å². The third-order valence-electron chi connectivity index (χ3n) is 4.35. The number of hydrogen-bond donors (Lipinski definition) is 3. The SMILES string of the molecule is CC(C)(NC(=O)NCCc1c[nH]c2ccccc12)c1ccc(Cl)cc1. The lowest BCUT2D eigenvalue weighted by Crippen LogP contribution is -2.46. The van der Waals surface area contributed by atoms with Crippen molar-refractivity contribution in [1.29, 1.82) is 0 Å². The lowest BCUT2D eigenvalue weighted by molar-refractivity contribution is 0.230. The Morgan fingerprint density at radius 2 is 1.84 bits per heavy atom. The second kappa shape index (κ2) is 7.19. The minimum Gasteiger partial charge on any atom is -0.361 e. The monoisotopic (exact) mass is 355 g/mol. The molecule has 0 saturated heterocycles. The summed E-state index contributed by atoms with van der Waals surface area (Å²) >= 11 is 5.92. The largest absolute Gasteiger partial charge is 0.361 e. The van der Waals surface area contributed by atoms with Crippen molar-refractivity contribution in [3.63, 3.8) is 0 Å². The zero-order valence-electron chi connectivity index (χ0n) is 14.4. The average Bonchev–Trinajstić information content (AvgIpc) is 2.98. The molecule has 4 nitrogen and oxygen atoms in total. The first-order valence-electron chi connectivity index (χ1n) is 8.33. The second-order valence-electron chi connectivity index (χ2n) is 6.62.